The third-order valence-electron chi connectivity index (χ3n) is 1.85. The van der Waals surface area contributed by atoms with Crippen molar-refractivity contribution >= 4 is 15.1 Å². The second kappa shape index (κ2) is 3.50. The molecule has 1 unspecified atom stereocenters. The van der Waals surface area contributed by atoms with Crippen LogP contribution in [0.2, 0.25) is 16.9 Å². The van der Waals surface area contributed by atoms with Gasteiger partial charge in [0.25, 0.3) is 0 Å². The summed E-state index contributed by atoms with van der Waals surface area (Å²) in [4.78, 5) is 0. The van der Waals surface area contributed by atoms with Gasteiger partial charge in [-0.25, -0.2) is 0 Å². The smallest absolute Gasteiger partial charge is 0.0760 e. The van der Waals surface area contributed by atoms with Crippen LogP contribution in [0.5, 0.6) is 0 Å². The molecule has 0 saturated carbocycles. The molecule has 1 atom stereocenters. The van der Waals surface area contributed by atoms with E-state index in [2.05, 4.69) is 41.9 Å². The maximum absolute atomic E-state index is 5.90. The summed E-state index contributed by atoms with van der Waals surface area (Å²) in [6.45, 7) is 10.7. The van der Waals surface area contributed by atoms with E-state index in [1.807, 2.05) is 0 Å². The van der Waals surface area contributed by atoms with Gasteiger partial charge in [0, 0.05) is 0 Å². The Labute approximate surface area is 67.4 Å². The number of hydrogen-bond acceptors (Lipinski definition) is 0. The highest BCUT2D eigenvalue weighted by atomic mass is 14.1. The molecule has 2 heteroatoms. The Balaban J connectivity index is 3.73. The minimum absolute atomic E-state index is 0.0652. The van der Waals surface area contributed by atoms with Crippen LogP contribution in [-0.2, 0) is 0 Å². The third-order valence-corrected chi connectivity index (χ3v) is 1.85. The zero-order valence-electron chi connectivity index (χ0n) is 7.81. The Bertz CT molecular complexity index is 91.9. The lowest BCUT2D eigenvalue weighted by molar-refractivity contribution is 0.640. The molecule has 0 heterocycles. The minimum Gasteiger partial charge on any atom is -0.0760 e. The van der Waals surface area contributed by atoms with E-state index in [1.54, 1.807) is 0 Å². The lowest BCUT2D eigenvalue weighted by Gasteiger charge is -2.28. The lowest BCUT2D eigenvalue weighted by Crippen LogP contribution is -2.16. The first-order valence-corrected chi connectivity index (χ1v) is 3.98. The largest absolute Gasteiger partial charge is 0.116 e. The fourth-order valence-electron chi connectivity index (χ4n) is 0.825. The molecule has 0 aliphatic carbocycles. The summed E-state index contributed by atoms with van der Waals surface area (Å²) in [5.74, 6) is 1.13. The highest BCUT2D eigenvalue weighted by Crippen LogP contribution is 2.35. The topological polar surface area (TPSA) is 0 Å². The van der Waals surface area contributed by atoms with E-state index in [9.17, 15) is 0 Å². The fraction of sp³-hybridized carbons (Fsp3) is 1.00. The molecule has 0 rings (SSSR count). The van der Waals surface area contributed by atoms with Crippen LogP contribution in [0, 0.1) is 0 Å². The van der Waals surface area contributed by atoms with Gasteiger partial charge in [0.1, 0.15) is 7.28 Å². The first-order valence-electron chi connectivity index (χ1n) is 3.98. The van der Waals surface area contributed by atoms with Crippen LogP contribution in [0.4, 0.5) is 0 Å². The van der Waals surface area contributed by atoms with Crippen LogP contribution in [-0.4, -0.2) is 15.1 Å². The van der Waals surface area contributed by atoms with E-state index in [1.165, 1.54) is 0 Å². The van der Waals surface area contributed by atoms with Gasteiger partial charge >= 0.3 is 0 Å². The van der Waals surface area contributed by atoms with Crippen LogP contribution < -0.4 is 0 Å². The Morgan fingerprint density at radius 3 is 1.70 bits per heavy atom. The zero-order valence-corrected chi connectivity index (χ0v) is 7.81. The minimum atomic E-state index is -0.0652. The molecular formula is C8H17B2. The number of hydrogen-bond donors (Lipinski definition) is 0. The van der Waals surface area contributed by atoms with Crippen molar-refractivity contribution in [3.63, 3.8) is 0 Å². The molecule has 0 aromatic rings. The average molecular weight is 135 g/mol. The maximum atomic E-state index is 5.90. The van der Waals surface area contributed by atoms with Crippen LogP contribution in [0.25, 0.3) is 0 Å². The first-order chi connectivity index (χ1) is 4.34. The standard InChI is InChI=1S/C8H17B2/c1-6(2)10-7(3)8(4,5)9/h6-7H,1-5H3. The summed E-state index contributed by atoms with van der Waals surface area (Å²) in [7, 11) is 8.19. The quantitative estimate of drug-likeness (QED) is 0.521. The van der Waals surface area contributed by atoms with Gasteiger partial charge in [0.15, 0.2) is 0 Å². The molecule has 0 saturated heterocycles. The molecule has 0 aliphatic heterocycles. The van der Waals surface area contributed by atoms with E-state index in [0.29, 0.717) is 11.6 Å². The van der Waals surface area contributed by atoms with Crippen LogP contribution in [0.15, 0.2) is 0 Å². The molecule has 0 nitrogen and oxygen atoms in total. The Hall–Kier alpha value is 0.130. The van der Waals surface area contributed by atoms with Crippen molar-refractivity contribution in [1.82, 2.24) is 0 Å². The van der Waals surface area contributed by atoms with E-state index < -0.39 is 0 Å². The van der Waals surface area contributed by atoms with E-state index in [-0.39, 0.29) is 5.31 Å². The predicted octanol–water partition coefficient (Wildman–Crippen LogP) is 2.69. The van der Waals surface area contributed by atoms with Gasteiger partial charge in [-0.15, -0.1) is 0 Å². The molecule has 0 aliphatic rings. The second-order valence-corrected chi connectivity index (χ2v) is 4.05. The summed E-state index contributed by atoms with van der Waals surface area (Å²) in [6.07, 6.45) is 0. The van der Waals surface area contributed by atoms with Crippen molar-refractivity contribution in [2.75, 3.05) is 0 Å². The van der Waals surface area contributed by atoms with Crippen LogP contribution in [0.1, 0.15) is 34.6 Å². The summed E-state index contributed by atoms with van der Waals surface area (Å²) in [6, 6.07) is 0. The maximum Gasteiger partial charge on any atom is 0.116 e. The zero-order chi connectivity index (χ0) is 8.36. The molecule has 0 aromatic carbocycles. The van der Waals surface area contributed by atoms with Gasteiger partial charge in [0.05, 0.1) is 7.85 Å². The van der Waals surface area contributed by atoms with Gasteiger partial charge in [-0.3, -0.25) is 0 Å². The highest BCUT2D eigenvalue weighted by Gasteiger charge is 2.20. The molecule has 55 valence electrons. The van der Waals surface area contributed by atoms with Crippen molar-refractivity contribution in [3.05, 3.63) is 0 Å². The summed E-state index contributed by atoms with van der Waals surface area (Å²) in [5.41, 5.74) is 0. The Morgan fingerprint density at radius 2 is 1.60 bits per heavy atom. The first kappa shape index (κ1) is 10.1. The molecule has 0 aromatic heterocycles. The predicted molar refractivity (Wildman–Crippen MR) is 50.1 cm³/mol. The normalized spacial score (nSPS) is 15.4. The van der Waals surface area contributed by atoms with Crippen LogP contribution >= 0.6 is 0 Å². The Kier molecular flexibility index (Phi) is 3.55. The second-order valence-electron chi connectivity index (χ2n) is 4.05. The Morgan fingerprint density at radius 1 is 1.20 bits per heavy atom. The molecule has 10 heavy (non-hydrogen) atoms. The van der Waals surface area contributed by atoms with Crippen molar-refractivity contribution in [2.45, 2.75) is 51.6 Å². The van der Waals surface area contributed by atoms with Crippen molar-refractivity contribution in [1.29, 1.82) is 0 Å². The van der Waals surface area contributed by atoms with Gasteiger partial charge in [-0.1, -0.05) is 51.6 Å². The molecule has 0 fully saturated rings. The van der Waals surface area contributed by atoms with Crippen molar-refractivity contribution in [3.8, 4) is 0 Å². The summed E-state index contributed by atoms with van der Waals surface area (Å²) >= 11 is 0. The van der Waals surface area contributed by atoms with Gasteiger partial charge in [0.2, 0.25) is 0 Å². The van der Waals surface area contributed by atoms with Crippen molar-refractivity contribution in [2.24, 2.45) is 0 Å². The van der Waals surface area contributed by atoms with Gasteiger partial charge in [-0.2, -0.15) is 0 Å². The summed E-state index contributed by atoms with van der Waals surface area (Å²) in [5, 5.41) is -0.0652. The lowest BCUT2D eigenvalue weighted by atomic mass is 9.44. The highest BCUT2D eigenvalue weighted by molar-refractivity contribution is 6.42. The number of rotatable bonds is 3. The van der Waals surface area contributed by atoms with Gasteiger partial charge < -0.3 is 0 Å². The molecule has 0 N–H and O–H groups in total. The van der Waals surface area contributed by atoms with Gasteiger partial charge in [-0.05, 0) is 0 Å². The molecule has 0 amide bonds. The molecule has 0 bridgehead atoms. The third kappa shape index (κ3) is 4.03. The molecular weight excluding hydrogens is 118 g/mol. The van der Waals surface area contributed by atoms with E-state index in [0.717, 1.165) is 0 Å². The van der Waals surface area contributed by atoms with E-state index >= 15 is 0 Å². The van der Waals surface area contributed by atoms with E-state index in [4.69, 9.17) is 7.85 Å². The van der Waals surface area contributed by atoms with Crippen molar-refractivity contribution < 1.29 is 0 Å². The SMILES string of the molecule is [B]C(C)(C)C(C)[B]C(C)C. The monoisotopic (exact) mass is 135 g/mol. The van der Waals surface area contributed by atoms with Crippen LogP contribution in [0.3, 0.4) is 0 Å². The molecule has 0 spiro atoms. The fourth-order valence-corrected chi connectivity index (χ4v) is 0.825. The summed E-state index contributed by atoms with van der Waals surface area (Å²) < 4.78 is 0. The molecule has 3 radical (unpaired) electrons. The average Bonchev–Trinajstić information content (AvgIpc) is 1.60.